The molecule has 28 heavy (non-hydrogen) atoms. The molecule has 2 aromatic rings. The first kappa shape index (κ1) is 21.4. The van der Waals surface area contributed by atoms with E-state index in [-0.39, 0.29) is 11.9 Å². The van der Waals surface area contributed by atoms with Gasteiger partial charge in [0, 0.05) is 32.0 Å². The lowest BCUT2D eigenvalue weighted by Gasteiger charge is -2.28. The molecule has 1 aromatic carbocycles. The van der Waals surface area contributed by atoms with Gasteiger partial charge in [-0.05, 0) is 37.6 Å². The van der Waals surface area contributed by atoms with Crippen molar-refractivity contribution in [3.8, 4) is 0 Å². The van der Waals surface area contributed by atoms with Gasteiger partial charge in [-0.2, -0.15) is 5.10 Å². The fourth-order valence-corrected chi connectivity index (χ4v) is 2.80. The molecular formula is C20H25ClN6O. The third-order valence-corrected chi connectivity index (χ3v) is 4.55. The van der Waals surface area contributed by atoms with Crippen LogP contribution in [0.5, 0.6) is 0 Å². The molecule has 8 heteroatoms. The zero-order chi connectivity index (χ0) is 20.5. The van der Waals surface area contributed by atoms with Gasteiger partial charge < -0.3 is 15.6 Å². The van der Waals surface area contributed by atoms with Crippen LogP contribution in [-0.2, 0) is 0 Å². The molecule has 7 nitrogen and oxygen atoms in total. The predicted octanol–water partition coefficient (Wildman–Crippen LogP) is 4.05. The number of hydrogen-bond acceptors (Lipinski definition) is 6. The van der Waals surface area contributed by atoms with Gasteiger partial charge in [-0.3, -0.25) is 10.2 Å². The second-order valence-electron chi connectivity index (χ2n) is 6.33. The van der Waals surface area contributed by atoms with Crippen molar-refractivity contribution in [1.82, 2.24) is 9.88 Å². The predicted molar refractivity (Wildman–Crippen MR) is 116 cm³/mol. The highest BCUT2D eigenvalue weighted by Crippen LogP contribution is 2.21. The summed E-state index contributed by atoms with van der Waals surface area (Å²) in [6, 6.07) is 9.11. The van der Waals surface area contributed by atoms with E-state index in [0.717, 1.165) is 18.2 Å². The summed E-state index contributed by atoms with van der Waals surface area (Å²) in [5, 5.41) is 14.8. The third kappa shape index (κ3) is 5.79. The lowest BCUT2D eigenvalue weighted by molar-refractivity contribution is 0.0737. The highest BCUT2D eigenvalue weighted by atomic mass is 35.5. The maximum Gasteiger partial charge on any atom is 0.256 e. The van der Waals surface area contributed by atoms with Crippen molar-refractivity contribution in [2.24, 2.45) is 5.10 Å². The number of nitrogens with zero attached hydrogens (tertiary/aromatic N) is 3. The van der Waals surface area contributed by atoms with Crippen LogP contribution in [-0.4, -0.2) is 47.9 Å². The van der Waals surface area contributed by atoms with Crippen molar-refractivity contribution in [3.63, 3.8) is 0 Å². The molecule has 1 atom stereocenters. The van der Waals surface area contributed by atoms with Gasteiger partial charge in [-0.15, -0.1) is 0 Å². The number of aryl methyl sites for hydroxylation is 1. The van der Waals surface area contributed by atoms with Crippen LogP contribution in [0.15, 0.2) is 41.6 Å². The number of benzene rings is 1. The lowest BCUT2D eigenvalue weighted by Crippen LogP contribution is -2.41. The van der Waals surface area contributed by atoms with Gasteiger partial charge in [-0.25, -0.2) is 4.98 Å². The summed E-state index contributed by atoms with van der Waals surface area (Å²) in [5.41, 5.74) is 4.95. The van der Waals surface area contributed by atoms with Gasteiger partial charge in [0.05, 0.1) is 22.5 Å². The minimum Gasteiger partial charge on any atom is -0.368 e. The first-order valence-corrected chi connectivity index (χ1v) is 9.35. The van der Waals surface area contributed by atoms with Crippen LogP contribution in [0.2, 0.25) is 5.02 Å². The monoisotopic (exact) mass is 400 g/mol. The number of aromatic nitrogens is 1. The molecule has 1 aromatic heterocycles. The lowest BCUT2D eigenvalue weighted by atomic mass is 10.1. The summed E-state index contributed by atoms with van der Waals surface area (Å²) < 4.78 is 0. The molecule has 0 fully saturated rings. The quantitative estimate of drug-likeness (QED) is 0.437. The highest BCUT2D eigenvalue weighted by Gasteiger charge is 2.22. The largest absolute Gasteiger partial charge is 0.368 e. The summed E-state index contributed by atoms with van der Waals surface area (Å²) >= 11 is 5.86. The average Bonchev–Trinajstić information content (AvgIpc) is 2.70. The van der Waals surface area contributed by atoms with Gasteiger partial charge in [0.15, 0.2) is 0 Å². The molecule has 0 saturated carbocycles. The molecule has 0 aliphatic carbocycles. The van der Waals surface area contributed by atoms with Crippen LogP contribution in [0.4, 0.5) is 11.5 Å². The topological polar surface area (TPSA) is 93.5 Å². The van der Waals surface area contributed by atoms with Crippen molar-refractivity contribution in [2.75, 3.05) is 24.3 Å². The maximum absolute atomic E-state index is 13.1. The Bertz CT molecular complexity index is 837. The van der Waals surface area contributed by atoms with Crippen LogP contribution >= 0.6 is 11.6 Å². The average molecular weight is 401 g/mol. The van der Waals surface area contributed by atoms with E-state index < -0.39 is 0 Å². The van der Waals surface area contributed by atoms with Crippen LogP contribution in [0.3, 0.4) is 0 Å². The van der Waals surface area contributed by atoms with Crippen LogP contribution < -0.4 is 10.7 Å². The number of anilines is 2. The van der Waals surface area contributed by atoms with Crippen molar-refractivity contribution in [1.29, 1.82) is 5.41 Å². The fourth-order valence-electron chi connectivity index (χ4n) is 2.69. The number of amides is 1. The molecule has 1 amide bonds. The second-order valence-corrected chi connectivity index (χ2v) is 6.76. The third-order valence-electron chi connectivity index (χ3n) is 4.33. The molecule has 0 aliphatic rings. The number of carbonyl (C=O) groups is 1. The van der Waals surface area contributed by atoms with Gasteiger partial charge in [0.2, 0.25) is 0 Å². The van der Waals surface area contributed by atoms with Crippen LogP contribution in [0, 0.1) is 12.3 Å². The van der Waals surface area contributed by atoms with E-state index >= 15 is 0 Å². The number of hydrogen-bond donors (Lipinski definition) is 3. The molecule has 0 spiro atoms. The van der Waals surface area contributed by atoms with Crippen molar-refractivity contribution >= 4 is 41.4 Å². The van der Waals surface area contributed by atoms with E-state index in [9.17, 15) is 4.79 Å². The minimum absolute atomic E-state index is 0.0246. The Morgan fingerprint density at radius 1 is 1.39 bits per heavy atom. The minimum atomic E-state index is -0.103. The first-order valence-electron chi connectivity index (χ1n) is 8.97. The number of likely N-dealkylation sites (N-methyl/N-ethyl adjacent to an activating group) is 1. The van der Waals surface area contributed by atoms with E-state index in [1.807, 2.05) is 32.0 Å². The van der Waals surface area contributed by atoms with E-state index in [0.29, 0.717) is 28.6 Å². The Kier molecular flexibility index (Phi) is 7.95. The summed E-state index contributed by atoms with van der Waals surface area (Å²) in [7, 11) is 1.79. The smallest absolute Gasteiger partial charge is 0.256 e. The van der Waals surface area contributed by atoms with Gasteiger partial charge in [-0.1, -0.05) is 30.2 Å². The molecular weight excluding hydrogens is 376 g/mol. The van der Waals surface area contributed by atoms with Crippen LogP contribution in [0.25, 0.3) is 0 Å². The first-order chi connectivity index (χ1) is 13.5. The summed E-state index contributed by atoms with van der Waals surface area (Å²) in [6.07, 6.45) is 4.75. The fraction of sp³-hybridized carbons (Fsp3) is 0.300. The second kappa shape index (κ2) is 10.4. The molecule has 148 valence electrons. The Hall–Kier alpha value is -2.93. The molecule has 2 rings (SSSR count). The number of pyridine rings is 1. The number of halogens is 1. The number of nitrogens with one attached hydrogen (secondary N) is 3. The van der Waals surface area contributed by atoms with E-state index in [1.54, 1.807) is 30.3 Å². The van der Waals surface area contributed by atoms with Crippen LogP contribution in [0.1, 0.15) is 29.3 Å². The SMILES string of the molecule is CCC(CNc1ccc(Cl)cn1)N(C)C(=O)c1cc(C)ccc1N/N=C\C=N. The van der Waals surface area contributed by atoms with Gasteiger partial charge >= 0.3 is 0 Å². The van der Waals surface area contributed by atoms with Crippen molar-refractivity contribution < 1.29 is 4.79 Å². The summed E-state index contributed by atoms with van der Waals surface area (Å²) in [5.74, 6) is 0.608. The number of carbonyl (C=O) groups excluding carboxylic acids is 1. The molecule has 3 N–H and O–H groups in total. The molecule has 0 radical (unpaired) electrons. The van der Waals surface area contributed by atoms with E-state index in [1.165, 1.54) is 6.21 Å². The van der Waals surface area contributed by atoms with E-state index in [2.05, 4.69) is 20.8 Å². The molecule has 0 aliphatic heterocycles. The normalized spacial score (nSPS) is 11.9. The van der Waals surface area contributed by atoms with E-state index in [4.69, 9.17) is 17.0 Å². The Balaban J connectivity index is 2.14. The molecule has 1 heterocycles. The molecule has 1 unspecified atom stereocenters. The molecule has 0 bridgehead atoms. The number of hydrazone groups is 1. The van der Waals surface area contributed by atoms with Crippen molar-refractivity contribution in [2.45, 2.75) is 26.3 Å². The molecule has 0 saturated heterocycles. The zero-order valence-electron chi connectivity index (χ0n) is 16.2. The van der Waals surface area contributed by atoms with Crippen molar-refractivity contribution in [3.05, 3.63) is 52.7 Å². The van der Waals surface area contributed by atoms with Gasteiger partial charge in [0.25, 0.3) is 5.91 Å². The zero-order valence-corrected chi connectivity index (χ0v) is 17.0. The summed E-state index contributed by atoms with van der Waals surface area (Å²) in [4.78, 5) is 19.1. The summed E-state index contributed by atoms with van der Waals surface area (Å²) in [6.45, 7) is 4.54. The standard InChI is InChI=1S/C20H25ClN6O/c1-4-16(13-24-19-8-6-15(21)12-23-19)27(3)20(28)17-11-14(2)5-7-18(17)26-25-10-9-22/h5-12,16,22,26H,4,13H2,1-3H3,(H,23,24)/b22-9?,25-10-. The van der Waals surface area contributed by atoms with Gasteiger partial charge in [0.1, 0.15) is 5.82 Å². The highest BCUT2D eigenvalue weighted by molar-refractivity contribution is 6.30. The Labute approximate surface area is 170 Å². The number of rotatable bonds is 9. The Morgan fingerprint density at radius 2 is 2.18 bits per heavy atom. The maximum atomic E-state index is 13.1. The Morgan fingerprint density at radius 3 is 2.82 bits per heavy atom.